The molecule has 0 bridgehead atoms. The van der Waals surface area contributed by atoms with Crippen LogP contribution in [0.1, 0.15) is 33.7 Å². The molecule has 134 valence electrons. The molecule has 0 unspecified atom stereocenters. The second-order valence-corrected chi connectivity index (χ2v) is 5.91. The number of nitrogens with zero attached hydrogens (tertiary/aromatic N) is 4. The number of carbonyl (C=O) groups excluding carboxylic acids is 2. The van der Waals surface area contributed by atoms with Gasteiger partial charge in [0.1, 0.15) is 11.5 Å². The van der Waals surface area contributed by atoms with Crippen molar-refractivity contribution in [3.63, 3.8) is 0 Å². The lowest BCUT2D eigenvalue weighted by Gasteiger charge is -2.33. The van der Waals surface area contributed by atoms with Gasteiger partial charge in [-0.15, -0.1) is 0 Å². The van der Waals surface area contributed by atoms with Crippen molar-refractivity contribution in [1.82, 2.24) is 19.6 Å². The van der Waals surface area contributed by atoms with E-state index in [4.69, 9.17) is 9.15 Å². The summed E-state index contributed by atoms with van der Waals surface area (Å²) < 4.78 is 11.7. The van der Waals surface area contributed by atoms with Crippen LogP contribution in [-0.2, 0) is 18.3 Å². The minimum atomic E-state index is -0.472. The number of aromatic nitrogens is 2. The number of piperazine rings is 1. The molecule has 0 aliphatic carbocycles. The van der Waals surface area contributed by atoms with Crippen LogP contribution >= 0.6 is 0 Å². The van der Waals surface area contributed by atoms with Gasteiger partial charge < -0.3 is 14.1 Å². The Balaban J connectivity index is 1.59. The molecule has 1 fully saturated rings. The van der Waals surface area contributed by atoms with Gasteiger partial charge in [-0.05, 0) is 19.1 Å². The van der Waals surface area contributed by atoms with E-state index in [-0.39, 0.29) is 23.9 Å². The van der Waals surface area contributed by atoms with Crippen molar-refractivity contribution in [3.8, 4) is 0 Å². The molecule has 1 aliphatic heterocycles. The number of rotatable bonds is 5. The molecule has 0 N–H and O–H groups in total. The van der Waals surface area contributed by atoms with Crippen LogP contribution in [0.25, 0.3) is 0 Å². The van der Waals surface area contributed by atoms with E-state index < -0.39 is 5.97 Å². The Morgan fingerprint density at radius 2 is 2.04 bits per heavy atom. The van der Waals surface area contributed by atoms with Gasteiger partial charge in [0.15, 0.2) is 5.69 Å². The lowest BCUT2D eigenvalue weighted by atomic mass is 10.2. The monoisotopic (exact) mass is 346 g/mol. The summed E-state index contributed by atoms with van der Waals surface area (Å²) in [5.41, 5.74) is 0.548. The van der Waals surface area contributed by atoms with Crippen molar-refractivity contribution in [3.05, 3.63) is 41.6 Å². The largest absolute Gasteiger partial charge is 0.468 e. The highest BCUT2D eigenvalue weighted by Crippen LogP contribution is 2.13. The Labute approximate surface area is 145 Å². The minimum absolute atomic E-state index is 0.163. The van der Waals surface area contributed by atoms with Crippen molar-refractivity contribution in [2.24, 2.45) is 7.05 Å². The van der Waals surface area contributed by atoms with Gasteiger partial charge >= 0.3 is 5.97 Å². The Morgan fingerprint density at radius 1 is 1.28 bits per heavy atom. The summed E-state index contributed by atoms with van der Waals surface area (Å²) in [6, 6.07) is 5.31. The Bertz CT molecular complexity index is 730. The van der Waals surface area contributed by atoms with E-state index >= 15 is 0 Å². The fourth-order valence-electron chi connectivity index (χ4n) is 2.86. The van der Waals surface area contributed by atoms with Gasteiger partial charge in [-0.3, -0.25) is 14.4 Å². The smallest absolute Gasteiger partial charge is 0.356 e. The summed E-state index contributed by atoms with van der Waals surface area (Å²) in [7, 11) is 1.63. The fraction of sp³-hybridized carbons (Fsp3) is 0.471. The lowest BCUT2D eigenvalue weighted by Crippen LogP contribution is -2.48. The van der Waals surface area contributed by atoms with Crippen LogP contribution in [0, 0.1) is 0 Å². The van der Waals surface area contributed by atoms with E-state index in [0.29, 0.717) is 13.1 Å². The average molecular weight is 346 g/mol. The standard InChI is InChI=1S/C17H22N4O4/c1-3-24-17(23)15-11-14(18-19(15)2)16(22)21-8-6-20(7-9-21)12-13-5-4-10-25-13/h4-5,10-11H,3,6-9,12H2,1-2H3. The van der Waals surface area contributed by atoms with Crippen molar-refractivity contribution < 1.29 is 18.7 Å². The van der Waals surface area contributed by atoms with Gasteiger partial charge in [-0.1, -0.05) is 0 Å². The summed E-state index contributed by atoms with van der Waals surface area (Å²) in [5, 5.41) is 4.16. The van der Waals surface area contributed by atoms with Crippen LogP contribution in [0.5, 0.6) is 0 Å². The van der Waals surface area contributed by atoms with Gasteiger partial charge in [0.25, 0.3) is 5.91 Å². The Morgan fingerprint density at radius 3 is 2.68 bits per heavy atom. The zero-order valence-electron chi connectivity index (χ0n) is 14.5. The highest BCUT2D eigenvalue weighted by Gasteiger charge is 2.26. The summed E-state index contributed by atoms with van der Waals surface area (Å²) in [4.78, 5) is 28.5. The number of carbonyl (C=O) groups is 2. The summed E-state index contributed by atoms with van der Waals surface area (Å²) in [6.45, 7) is 5.53. The van der Waals surface area contributed by atoms with Crippen LogP contribution in [-0.4, -0.2) is 64.2 Å². The Hall–Kier alpha value is -2.61. The van der Waals surface area contributed by atoms with E-state index in [1.807, 2.05) is 12.1 Å². The third-order valence-electron chi connectivity index (χ3n) is 4.20. The Kier molecular flexibility index (Phi) is 5.18. The van der Waals surface area contributed by atoms with Crippen molar-refractivity contribution in [2.45, 2.75) is 13.5 Å². The third-order valence-corrected chi connectivity index (χ3v) is 4.20. The second-order valence-electron chi connectivity index (χ2n) is 5.91. The molecule has 0 radical (unpaired) electrons. The fourth-order valence-corrected chi connectivity index (χ4v) is 2.86. The van der Waals surface area contributed by atoms with Gasteiger partial charge in [0, 0.05) is 39.3 Å². The molecule has 1 amide bonds. The van der Waals surface area contributed by atoms with Gasteiger partial charge in [0.2, 0.25) is 0 Å². The van der Waals surface area contributed by atoms with E-state index in [0.717, 1.165) is 25.4 Å². The van der Waals surface area contributed by atoms with Crippen LogP contribution < -0.4 is 0 Å². The first-order chi connectivity index (χ1) is 12.1. The normalized spacial score (nSPS) is 15.4. The minimum Gasteiger partial charge on any atom is -0.468 e. The third kappa shape index (κ3) is 3.90. The van der Waals surface area contributed by atoms with E-state index in [9.17, 15) is 9.59 Å². The highest BCUT2D eigenvalue weighted by molar-refractivity contribution is 5.96. The molecule has 0 atom stereocenters. The molecule has 0 spiro atoms. The van der Waals surface area contributed by atoms with Crippen molar-refractivity contribution in [1.29, 1.82) is 0 Å². The number of hydrogen-bond donors (Lipinski definition) is 0. The molecule has 8 nitrogen and oxygen atoms in total. The molecule has 25 heavy (non-hydrogen) atoms. The number of esters is 1. The maximum Gasteiger partial charge on any atom is 0.356 e. The number of ether oxygens (including phenoxy) is 1. The van der Waals surface area contributed by atoms with Crippen LogP contribution in [0.4, 0.5) is 0 Å². The maximum atomic E-state index is 12.6. The van der Waals surface area contributed by atoms with Gasteiger partial charge in [0.05, 0.1) is 19.4 Å². The predicted molar refractivity (Wildman–Crippen MR) is 89.1 cm³/mol. The molecule has 0 saturated carbocycles. The second kappa shape index (κ2) is 7.52. The van der Waals surface area contributed by atoms with E-state index in [2.05, 4.69) is 10.00 Å². The summed E-state index contributed by atoms with van der Waals surface area (Å²) >= 11 is 0. The number of furan rings is 1. The topological polar surface area (TPSA) is 80.8 Å². The molecule has 2 aromatic heterocycles. The highest BCUT2D eigenvalue weighted by atomic mass is 16.5. The molecule has 3 heterocycles. The van der Waals surface area contributed by atoms with Crippen LogP contribution in [0.2, 0.25) is 0 Å². The zero-order valence-corrected chi connectivity index (χ0v) is 14.5. The maximum absolute atomic E-state index is 12.6. The molecule has 8 heteroatoms. The molecule has 1 aliphatic rings. The van der Waals surface area contributed by atoms with Crippen LogP contribution in [0.3, 0.4) is 0 Å². The first kappa shape index (κ1) is 17.2. The van der Waals surface area contributed by atoms with Gasteiger partial charge in [-0.2, -0.15) is 5.10 Å². The van der Waals surface area contributed by atoms with Crippen molar-refractivity contribution >= 4 is 11.9 Å². The SMILES string of the molecule is CCOC(=O)c1cc(C(=O)N2CCN(Cc3ccco3)CC2)nn1C. The molecule has 0 aromatic carbocycles. The molecule has 2 aromatic rings. The number of aryl methyl sites for hydroxylation is 1. The molecular weight excluding hydrogens is 324 g/mol. The average Bonchev–Trinajstić information content (AvgIpc) is 3.25. The first-order valence-corrected chi connectivity index (χ1v) is 8.33. The quantitative estimate of drug-likeness (QED) is 0.756. The molecular formula is C17H22N4O4. The van der Waals surface area contributed by atoms with Crippen molar-refractivity contribution in [2.75, 3.05) is 32.8 Å². The molecule has 1 saturated heterocycles. The predicted octanol–water partition coefficient (Wildman–Crippen LogP) is 1.15. The van der Waals surface area contributed by atoms with E-state index in [1.165, 1.54) is 10.7 Å². The molecule has 3 rings (SSSR count). The first-order valence-electron chi connectivity index (χ1n) is 8.33. The lowest BCUT2D eigenvalue weighted by molar-refractivity contribution is 0.0513. The summed E-state index contributed by atoms with van der Waals surface area (Å²) in [6.07, 6.45) is 1.66. The van der Waals surface area contributed by atoms with E-state index in [1.54, 1.807) is 25.1 Å². The zero-order chi connectivity index (χ0) is 17.8. The summed E-state index contributed by atoms with van der Waals surface area (Å²) in [5.74, 6) is 0.284. The number of hydrogen-bond acceptors (Lipinski definition) is 6. The van der Waals surface area contributed by atoms with Gasteiger partial charge in [-0.25, -0.2) is 4.79 Å². The van der Waals surface area contributed by atoms with Crippen LogP contribution in [0.15, 0.2) is 28.9 Å². The number of amides is 1.